The number of nitrogens with zero attached hydrogens (tertiary/aromatic N) is 1. The molecule has 9 heteroatoms. The van der Waals surface area contributed by atoms with Crippen LogP contribution in [0, 0.1) is 11.3 Å². The molecule has 0 heterocycles. The molecule has 0 saturated carbocycles. The number of benzene rings is 3. The van der Waals surface area contributed by atoms with Gasteiger partial charge in [0.25, 0.3) is 5.91 Å². The Kier molecular flexibility index (Phi) is 8.74. The topological polar surface area (TPSA) is 100 Å². The molecule has 0 spiro atoms. The van der Waals surface area contributed by atoms with Crippen molar-refractivity contribution in [2.24, 2.45) is 0 Å². The lowest BCUT2D eigenvalue weighted by Crippen LogP contribution is -2.14. The van der Waals surface area contributed by atoms with E-state index in [0.29, 0.717) is 33.3 Å². The summed E-state index contributed by atoms with van der Waals surface area (Å²) in [6.45, 7) is 0. The lowest BCUT2D eigenvalue weighted by Gasteiger charge is -2.15. The van der Waals surface area contributed by atoms with Gasteiger partial charge in [-0.2, -0.15) is 5.26 Å². The number of amides is 2. The van der Waals surface area contributed by atoms with Crippen LogP contribution in [0.15, 0.2) is 66.7 Å². The van der Waals surface area contributed by atoms with E-state index in [9.17, 15) is 14.9 Å². The first kappa shape index (κ1) is 25.6. The van der Waals surface area contributed by atoms with E-state index in [1.54, 1.807) is 30.3 Å². The molecule has 7 nitrogen and oxygen atoms in total. The fourth-order valence-electron chi connectivity index (χ4n) is 3.34. The van der Waals surface area contributed by atoms with Crippen LogP contribution >= 0.6 is 23.2 Å². The van der Waals surface area contributed by atoms with E-state index in [2.05, 4.69) is 10.6 Å². The van der Waals surface area contributed by atoms with E-state index in [1.807, 2.05) is 12.1 Å². The van der Waals surface area contributed by atoms with Crippen molar-refractivity contribution in [3.05, 3.63) is 82.9 Å². The van der Waals surface area contributed by atoms with Crippen molar-refractivity contribution >= 4 is 46.4 Å². The molecule has 0 fully saturated rings. The highest BCUT2D eigenvalue weighted by Gasteiger charge is 2.17. The van der Waals surface area contributed by atoms with Gasteiger partial charge in [-0.05, 0) is 48.0 Å². The summed E-state index contributed by atoms with van der Waals surface area (Å²) in [6.07, 6.45) is 2.75. The van der Waals surface area contributed by atoms with Gasteiger partial charge in [0.05, 0.1) is 30.5 Å². The van der Waals surface area contributed by atoms with Crippen LogP contribution in [-0.2, 0) is 4.79 Å². The molecule has 0 atom stereocenters. The first-order valence-corrected chi connectivity index (χ1v) is 11.2. The highest BCUT2D eigenvalue weighted by molar-refractivity contribution is 6.33. The zero-order valence-electron chi connectivity index (χ0n) is 18.9. The fraction of sp³-hybridized carbons (Fsp3) is 0.115. The number of hydrogen-bond acceptors (Lipinski definition) is 5. The first-order chi connectivity index (χ1) is 16.9. The molecule has 3 rings (SSSR count). The zero-order valence-corrected chi connectivity index (χ0v) is 20.4. The number of halogens is 2. The molecule has 178 valence electrons. The van der Waals surface area contributed by atoms with Crippen LogP contribution in [0.4, 0.5) is 11.4 Å². The molecule has 3 aromatic rings. The third-order valence-electron chi connectivity index (χ3n) is 4.92. The van der Waals surface area contributed by atoms with Gasteiger partial charge in [0.2, 0.25) is 5.91 Å². The summed E-state index contributed by atoms with van der Waals surface area (Å²) in [5, 5.41) is 15.3. The molecule has 0 aliphatic carbocycles. The molecule has 0 aromatic heterocycles. The Morgan fingerprint density at radius 2 is 1.86 bits per heavy atom. The van der Waals surface area contributed by atoms with Crippen molar-refractivity contribution in [1.82, 2.24) is 0 Å². The summed E-state index contributed by atoms with van der Waals surface area (Å²) < 4.78 is 10.9. The van der Waals surface area contributed by atoms with Gasteiger partial charge in [-0.3, -0.25) is 9.59 Å². The van der Waals surface area contributed by atoms with E-state index < -0.39 is 11.8 Å². The van der Waals surface area contributed by atoms with E-state index >= 15 is 0 Å². The summed E-state index contributed by atoms with van der Waals surface area (Å²) in [5.74, 6) is 0.330. The van der Waals surface area contributed by atoms with Gasteiger partial charge in [0, 0.05) is 28.8 Å². The van der Waals surface area contributed by atoms with Gasteiger partial charge < -0.3 is 20.1 Å². The molecule has 0 aliphatic heterocycles. The molecule has 0 unspecified atom stereocenters. The van der Waals surface area contributed by atoms with Gasteiger partial charge in [0.1, 0.15) is 6.07 Å². The van der Waals surface area contributed by atoms with Gasteiger partial charge in [-0.25, -0.2) is 0 Å². The lowest BCUT2D eigenvalue weighted by molar-refractivity contribution is -0.111. The van der Waals surface area contributed by atoms with Crippen LogP contribution in [0.1, 0.15) is 15.9 Å². The second-order valence-corrected chi connectivity index (χ2v) is 7.83. The van der Waals surface area contributed by atoms with Crippen molar-refractivity contribution in [3.63, 3.8) is 0 Å². The van der Waals surface area contributed by atoms with Gasteiger partial charge in [-0.15, -0.1) is 11.6 Å². The fourth-order valence-corrected chi connectivity index (χ4v) is 3.69. The number of ether oxygens (including phenoxy) is 2. The number of anilines is 2. The van der Waals surface area contributed by atoms with Crippen LogP contribution in [0.2, 0.25) is 5.02 Å². The molecular formula is C26H21Cl2N3O4. The van der Waals surface area contributed by atoms with E-state index in [-0.39, 0.29) is 22.7 Å². The third-order valence-corrected chi connectivity index (χ3v) is 5.42. The Bertz CT molecular complexity index is 1330. The minimum absolute atomic E-state index is 0.145. The maximum absolute atomic E-state index is 12.9. The molecule has 2 amide bonds. The Labute approximate surface area is 212 Å². The number of carbonyl (C=O) groups excluding carboxylic acids is 2. The lowest BCUT2D eigenvalue weighted by atomic mass is 10.0. The van der Waals surface area contributed by atoms with Crippen molar-refractivity contribution < 1.29 is 19.1 Å². The quantitative estimate of drug-likeness (QED) is 0.291. The number of nitrogens with one attached hydrogen (secondary N) is 2. The second-order valence-electron chi connectivity index (χ2n) is 7.11. The maximum Gasteiger partial charge on any atom is 0.255 e. The van der Waals surface area contributed by atoms with Gasteiger partial charge in [0.15, 0.2) is 11.5 Å². The zero-order chi connectivity index (χ0) is 25.4. The predicted molar refractivity (Wildman–Crippen MR) is 138 cm³/mol. The van der Waals surface area contributed by atoms with Crippen molar-refractivity contribution in [3.8, 4) is 28.7 Å². The average Bonchev–Trinajstić information content (AvgIpc) is 2.87. The van der Waals surface area contributed by atoms with E-state index in [0.717, 1.165) is 0 Å². The molecule has 3 aromatic carbocycles. The third kappa shape index (κ3) is 6.12. The van der Waals surface area contributed by atoms with Crippen LogP contribution in [0.5, 0.6) is 11.5 Å². The van der Waals surface area contributed by atoms with Crippen LogP contribution in [0.3, 0.4) is 0 Å². The number of hydrogen-bond donors (Lipinski definition) is 2. The minimum Gasteiger partial charge on any atom is -0.493 e. The Hall–Kier alpha value is -3.99. The number of carbonyl (C=O) groups is 2. The number of allylic oxidation sites excluding steroid dienone is 1. The molecular weight excluding hydrogens is 489 g/mol. The summed E-state index contributed by atoms with van der Waals surface area (Å²) in [4.78, 5) is 24.8. The minimum atomic E-state index is -0.428. The van der Waals surface area contributed by atoms with Crippen LogP contribution in [0.25, 0.3) is 11.1 Å². The molecule has 2 N–H and O–H groups in total. The predicted octanol–water partition coefficient (Wildman–Crippen LogP) is 5.88. The number of methoxy groups -OCH3 is 2. The van der Waals surface area contributed by atoms with Crippen molar-refractivity contribution in [2.75, 3.05) is 30.7 Å². The molecule has 35 heavy (non-hydrogen) atoms. The SMILES string of the molecule is COc1ccc(Cl)c(-c2cccc(NC(=O)c3ccc(NC(=O)/C=C/CCl)c(C#N)c3)c2)c1OC. The molecule has 0 saturated heterocycles. The largest absolute Gasteiger partial charge is 0.493 e. The number of nitriles is 1. The van der Waals surface area contributed by atoms with Gasteiger partial charge >= 0.3 is 0 Å². The highest BCUT2D eigenvalue weighted by atomic mass is 35.5. The van der Waals surface area contributed by atoms with Crippen LogP contribution < -0.4 is 20.1 Å². The number of rotatable bonds is 8. The molecule has 0 bridgehead atoms. The van der Waals surface area contributed by atoms with E-state index in [1.165, 1.54) is 44.6 Å². The highest BCUT2D eigenvalue weighted by Crippen LogP contribution is 2.43. The Morgan fingerprint density at radius 1 is 1.06 bits per heavy atom. The normalized spacial score (nSPS) is 10.5. The second kappa shape index (κ2) is 11.9. The standard InChI is InChI=1S/C26H21Cl2N3O4/c1-34-22-11-9-20(28)24(25(22)35-2)16-5-3-6-19(14-16)30-26(33)17-8-10-21(18(13-17)15-29)31-23(32)7-4-12-27/h3-11,13-14H,12H2,1-2H3,(H,30,33)(H,31,32)/b7-4+. The monoisotopic (exact) mass is 509 g/mol. The Morgan fingerprint density at radius 3 is 2.54 bits per heavy atom. The summed E-state index contributed by atoms with van der Waals surface area (Å²) in [7, 11) is 3.06. The molecule has 0 radical (unpaired) electrons. The number of alkyl halides is 1. The molecule has 0 aliphatic rings. The van der Waals surface area contributed by atoms with E-state index in [4.69, 9.17) is 32.7 Å². The first-order valence-electron chi connectivity index (χ1n) is 10.3. The maximum atomic E-state index is 12.9. The van der Waals surface area contributed by atoms with Crippen molar-refractivity contribution in [1.29, 1.82) is 5.26 Å². The van der Waals surface area contributed by atoms with Gasteiger partial charge in [-0.1, -0.05) is 29.8 Å². The summed E-state index contributed by atoms with van der Waals surface area (Å²) >= 11 is 12.0. The summed E-state index contributed by atoms with van der Waals surface area (Å²) in [6, 6.07) is 16.9. The van der Waals surface area contributed by atoms with Crippen LogP contribution in [-0.4, -0.2) is 31.9 Å². The Balaban J connectivity index is 1.86. The average molecular weight is 510 g/mol. The summed E-state index contributed by atoms with van der Waals surface area (Å²) in [5.41, 5.74) is 2.53. The smallest absolute Gasteiger partial charge is 0.255 e. The van der Waals surface area contributed by atoms with Crippen molar-refractivity contribution in [2.45, 2.75) is 0 Å².